The topological polar surface area (TPSA) is 67.0 Å². The third kappa shape index (κ3) is 2.54. The van der Waals surface area contributed by atoms with Crippen molar-refractivity contribution in [3.63, 3.8) is 0 Å². The van der Waals surface area contributed by atoms with Crippen LogP contribution in [-0.4, -0.2) is 28.7 Å². The zero-order valence-electron chi connectivity index (χ0n) is 9.05. The molecule has 0 aromatic carbocycles. The Morgan fingerprint density at radius 3 is 2.94 bits per heavy atom. The first-order chi connectivity index (χ1) is 7.61. The Labute approximate surface area is 107 Å². The van der Waals surface area contributed by atoms with Crippen LogP contribution >= 0.6 is 22.6 Å². The smallest absolute Gasteiger partial charge is 0.266 e. The SMILES string of the molecule is CC1(Nc2nc[nH]c(=O)c2I)CCOCC1. The van der Waals surface area contributed by atoms with Gasteiger partial charge in [0, 0.05) is 18.8 Å². The lowest BCUT2D eigenvalue weighted by Gasteiger charge is -2.35. The molecular formula is C10H14IN3O2. The van der Waals surface area contributed by atoms with Crippen molar-refractivity contribution in [2.45, 2.75) is 25.3 Å². The summed E-state index contributed by atoms with van der Waals surface area (Å²) in [6.45, 7) is 3.64. The first kappa shape index (κ1) is 11.8. The fourth-order valence-electron chi connectivity index (χ4n) is 1.70. The van der Waals surface area contributed by atoms with E-state index in [1.165, 1.54) is 6.33 Å². The van der Waals surface area contributed by atoms with Gasteiger partial charge in [0.2, 0.25) is 0 Å². The monoisotopic (exact) mass is 335 g/mol. The highest BCUT2D eigenvalue weighted by molar-refractivity contribution is 14.1. The Balaban J connectivity index is 2.19. The van der Waals surface area contributed by atoms with Crippen molar-refractivity contribution in [2.75, 3.05) is 18.5 Å². The molecule has 0 spiro atoms. The highest BCUT2D eigenvalue weighted by Crippen LogP contribution is 2.25. The Kier molecular flexibility index (Phi) is 3.48. The molecule has 1 saturated heterocycles. The van der Waals surface area contributed by atoms with Crippen LogP contribution in [-0.2, 0) is 4.74 Å². The number of aromatic nitrogens is 2. The molecule has 0 bridgehead atoms. The van der Waals surface area contributed by atoms with Gasteiger partial charge in [-0.15, -0.1) is 0 Å². The minimum Gasteiger partial charge on any atom is -0.381 e. The Bertz CT molecular complexity index is 426. The molecule has 1 aromatic heterocycles. The van der Waals surface area contributed by atoms with E-state index in [2.05, 4.69) is 22.2 Å². The van der Waals surface area contributed by atoms with Crippen molar-refractivity contribution in [2.24, 2.45) is 0 Å². The summed E-state index contributed by atoms with van der Waals surface area (Å²) >= 11 is 2.01. The van der Waals surface area contributed by atoms with Gasteiger partial charge in [-0.05, 0) is 42.4 Å². The van der Waals surface area contributed by atoms with E-state index < -0.39 is 0 Å². The number of nitrogens with one attached hydrogen (secondary N) is 2. The molecule has 0 aliphatic carbocycles. The van der Waals surface area contributed by atoms with Crippen LogP contribution in [0, 0.1) is 3.57 Å². The highest BCUT2D eigenvalue weighted by Gasteiger charge is 2.28. The van der Waals surface area contributed by atoms with Crippen LogP contribution in [0.3, 0.4) is 0 Å². The van der Waals surface area contributed by atoms with Crippen molar-refractivity contribution < 1.29 is 4.74 Å². The molecular weight excluding hydrogens is 321 g/mol. The van der Waals surface area contributed by atoms with Gasteiger partial charge >= 0.3 is 0 Å². The molecule has 0 atom stereocenters. The van der Waals surface area contributed by atoms with Crippen molar-refractivity contribution >= 4 is 28.4 Å². The van der Waals surface area contributed by atoms with Crippen molar-refractivity contribution in [3.8, 4) is 0 Å². The van der Waals surface area contributed by atoms with Crippen LogP contribution in [0.15, 0.2) is 11.1 Å². The van der Waals surface area contributed by atoms with Gasteiger partial charge in [-0.1, -0.05) is 0 Å². The normalized spacial score (nSPS) is 19.4. The molecule has 1 aliphatic rings. The molecule has 2 N–H and O–H groups in total. The van der Waals surface area contributed by atoms with E-state index in [1.54, 1.807) is 0 Å². The van der Waals surface area contributed by atoms with Crippen molar-refractivity contribution in [1.29, 1.82) is 0 Å². The highest BCUT2D eigenvalue weighted by atomic mass is 127. The molecule has 1 fully saturated rings. The number of anilines is 1. The molecule has 2 heterocycles. The Morgan fingerprint density at radius 2 is 2.25 bits per heavy atom. The molecule has 1 aliphatic heterocycles. The maximum atomic E-state index is 11.4. The zero-order valence-corrected chi connectivity index (χ0v) is 11.2. The maximum Gasteiger partial charge on any atom is 0.266 e. The predicted octanol–water partition coefficient (Wildman–Crippen LogP) is 1.36. The lowest BCUT2D eigenvalue weighted by Crippen LogP contribution is -2.41. The van der Waals surface area contributed by atoms with Gasteiger partial charge < -0.3 is 15.0 Å². The van der Waals surface area contributed by atoms with E-state index in [1.807, 2.05) is 22.6 Å². The molecule has 2 rings (SSSR count). The molecule has 0 unspecified atom stereocenters. The third-order valence-corrected chi connectivity index (χ3v) is 3.81. The van der Waals surface area contributed by atoms with Crippen LogP contribution in [0.5, 0.6) is 0 Å². The van der Waals surface area contributed by atoms with Gasteiger partial charge in [-0.2, -0.15) is 0 Å². The molecule has 0 amide bonds. The summed E-state index contributed by atoms with van der Waals surface area (Å²) in [4.78, 5) is 18.1. The van der Waals surface area contributed by atoms with Crippen LogP contribution in [0.4, 0.5) is 5.82 Å². The predicted molar refractivity (Wildman–Crippen MR) is 69.7 cm³/mol. The average molecular weight is 335 g/mol. The number of rotatable bonds is 2. The second-order valence-corrected chi connectivity index (χ2v) is 5.27. The van der Waals surface area contributed by atoms with Gasteiger partial charge in [0.1, 0.15) is 9.39 Å². The largest absolute Gasteiger partial charge is 0.381 e. The summed E-state index contributed by atoms with van der Waals surface area (Å²) in [6, 6.07) is 0. The Morgan fingerprint density at radius 1 is 1.56 bits per heavy atom. The van der Waals surface area contributed by atoms with Crippen LogP contribution in [0.25, 0.3) is 0 Å². The molecule has 6 heteroatoms. The molecule has 88 valence electrons. The molecule has 1 aromatic rings. The van der Waals surface area contributed by atoms with Crippen LogP contribution in [0.1, 0.15) is 19.8 Å². The lowest BCUT2D eigenvalue weighted by atomic mass is 9.92. The number of hydrogen-bond donors (Lipinski definition) is 2. The first-order valence-electron chi connectivity index (χ1n) is 5.20. The van der Waals surface area contributed by atoms with E-state index in [9.17, 15) is 4.79 Å². The van der Waals surface area contributed by atoms with Gasteiger partial charge in [0.05, 0.1) is 6.33 Å². The summed E-state index contributed by atoms with van der Waals surface area (Å²) in [5.41, 5.74) is -0.132. The van der Waals surface area contributed by atoms with E-state index in [4.69, 9.17) is 4.74 Å². The lowest BCUT2D eigenvalue weighted by molar-refractivity contribution is 0.0657. The van der Waals surface area contributed by atoms with Crippen LogP contribution in [0.2, 0.25) is 0 Å². The number of hydrogen-bond acceptors (Lipinski definition) is 4. The standard InChI is InChI=1S/C10H14IN3O2/c1-10(2-4-16-5-3-10)14-8-7(11)9(15)13-6-12-8/h6H,2-5H2,1H3,(H2,12,13,14,15). The van der Waals surface area contributed by atoms with Gasteiger partial charge in [0.25, 0.3) is 5.56 Å². The first-order valence-corrected chi connectivity index (χ1v) is 6.28. The fourth-order valence-corrected chi connectivity index (χ4v) is 2.13. The number of nitrogens with zero attached hydrogens (tertiary/aromatic N) is 1. The average Bonchev–Trinajstić information content (AvgIpc) is 2.26. The minimum absolute atomic E-state index is 0.0288. The maximum absolute atomic E-state index is 11.4. The second kappa shape index (κ2) is 4.70. The van der Waals surface area contributed by atoms with Crippen molar-refractivity contribution in [3.05, 3.63) is 20.3 Å². The number of aromatic amines is 1. The summed E-state index contributed by atoms with van der Waals surface area (Å²) in [5, 5.41) is 3.35. The fraction of sp³-hybridized carbons (Fsp3) is 0.600. The zero-order chi connectivity index (χ0) is 11.6. The van der Waals surface area contributed by atoms with Crippen LogP contribution < -0.4 is 10.9 Å². The number of H-pyrrole nitrogens is 1. The number of ether oxygens (including phenoxy) is 1. The second-order valence-electron chi connectivity index (χ2n) is 4.19. The molecule has 16 heavy (non-hydrogen) atoms. The third-order valence-electron chi connectivity index (χ3n) is 2.81. The quantitative estimate of drug-likeness (QED) is 0.801. The van der Waals surface area contributed by atoms with E-state index >= 15 is 0 Å². The van der Waals surface area contributed by atoms with Gasteiger partial charge in [0.15, 0.2) is 0 Å². The summed E-state index contributed by atoms with van der Waals surface area (Å²) < 4.78 is 5.93. The molecule has 0 saturated carbocycles. The van der Waals surface area contributed by atoms with E-state index in [0.29, 0.717) is 9.39 Å². The van der Waals surface area contributed by atoms with Crippen molar-refractivity contribution in [1.82, 2.24) is 9.97 Å². The van der Waals surface area contributed by atoms with E-state index in [0.717, 1.165) is 26.1 Å². The minimum atomic E-state index is -0.103. The van der Waals surface area contributed by atoms with Gasteiger partial charge in [-0.25, -0.2) is 4.98 Å². The van der Waals surface area contributed by atoms with Gasteiger partial charge in [-0.3, -0.25) is 4.79 Å². The van der Waals surface area contributed by atoms with E-state index in [-0.39, 0.29) is 11.1 Å². The molecule has 5 nitrogen and oxygen atoms in total. The Hall–Kier alpha value is -0.630. The summed E-state index contributed by atoms with van der Waals surface area (Å²) in [5.74, 6) is 0.661. The summed E-state index contributed by atoms with van der Waals surface area (Å²) in [7, 11) is 0. The number of halogens is 1. The summed E-state index contributed by atoms with van der Waals surface area (Å²) in [6.07, 6.45) is 3.28. The molecule has 0 radical (unpaired) electrons.